The fraction of sp³-hybridized carbons (Fsp3) is 0.344. The Bertz CT molecular complexity index is 1120. The van der Waals surface area contributed by atoms with Gasteiger partial charge in [0.1, 0.15) is 5.78 Å². The van der Waals surface area contributed by atoms with Gasteiger partial charge < -0.3 is 10.2 Å². The number of nitrogens with one attached hydrogen (secondary N) is 1. The average molecular weight is 467 g/mol. The number of ketones is 1. The molecule has 1 fully saturated rings. The lowest BCUT2D eigenvalue weighted by Gasteiger charge is -2.34. The summed E-state index contributed by atoms with van der Waals surface area (Å²) in [5.74, 6) is 1.39. The van der Waals surface area contributed by atoms with Crippen molar-refractivity contribution in [3.05, 3.63) is 108 Å². The Balaban J connectivity index is 1.55. The van der Waals surface area contributed by atoms with Crippen molar-refractivity contribution in [2.45, 2.75) is 59.0 Å². The SMILES string of the molecule is C=C(C1CCCC1C)N(Cc1ccc(NCc2ccccc2)cc1)c1ccccc1CC(=O)CC. The molecule has 2 unspecified atom stereocenters. The van der Waals surface area contributed by atoms with E-state index < -0.39 is 0 Å². The molecule has 1 saturated carbocycles. The zero-order valence-electron chi connectivity index (χ0n) is 21.2. The number of allylic oxidation sites excluding steroid dienone is 1. The molecule has 0 amide bonds. The molecular formula is C32H38N2O. The van der Waals surface area contributed by atoms with Crippen molar-refractivity contribution in [3.63, 3.8) is 0 Å². The number of carbonyl (C=O) groups is 1. The Labute approximate surface area is 210 Å². The summed E-state index contributed by atoms with van der Waals surface area (Å²) in [7, 11) is 0. The Morgan fingerprint density at radius 1 is 0.943 bits per heavy atom. The van der Waals surface area contributed by atoms with Crippen LogP contribution in [0.1, 0.15) is 56.2 Å². The van der Waals surface area contributed by atoms with E-state index in [1.54, 1.807) is 0 Å². The highest BCUT2D eigenvalue weighted by Gasteiger charge is 2.30. The van der Waals surface area contributed by atoms with Crippen LogP contribution in [0.25, 0.3) is 0 Å². The molecule has 0 heterocycles. The third kappa shape index (κ3) is 6.42. The highest BCUT2D eigenvalue weighted by Crippen LogP contribution is 2.40. The number of anilines is 2. The van der Waals surface area contributed by atoms with E-state index in [2.05, 4.69) is 90.4 Å². The van der Waals surface area contributed by atoms with Crippen LogP contribution in [0.5, 0.6) is 0 Å². The number of benzene rings is 3. The first-order valence-electron chi connectivity index (χ1n) is 13.0. The topological polar surface area (TPSA) is 32.3 Å². The largest absolute Gasteiger partial charge is 0.381 e. The molecule has 1 N–H and O–H groups in total. The molecular weight excluding hydrogens is 428 g/mol. The Kier molecular flexibility index (Phi) is 8.41. The molecule has 0 radical (unpaired) electrons. The molecule has 0 bridgehead atoms. The van der Waals surface area contributed by atoms with Gasteiger partial charge >= 0.3 is 0 Å². The van der Waals surface area contributed by atoms with Gasteiger partial charge in [0.25, 0.3) is 0 Å². The van der Waals surface area contributed by atoms with Gasteiger partial charge in [0.2, 0.25) is 0 Å². The van der Waals surface area contributed by atoms with Gasteiger partial charge in [-0.05, 0) is 47.2 Å². The summed E-state index contributed by atoms with van der Waals surface area (Å²) >= 11 is 0. The molecule has 0 spiro atoms. The van der Waals surface area contributed by atoms with Crippen LogP contribution in [0.15, 0.2) is 91.1 Å². The fourth-order valence-corrected chi connectivity index (χ4v) is 5.15. The third-order valence-electron chi connectivity index (χ3n) is 7.33. The van der Waals surface area contributed by atoms with Crippen LogP contribution in [0.2, 0.25) is 0 Å². The molecule has 0 aliphatic heterocycles. The molecule has 3 aromatic rings. The summed E-state index contributed by atoms with van der Waals surface area (Å²) in [4.78, 5) is 14.7. The highest BCUT2D eigenvalue weighted by molar-refractivity contribution is 5.82. The number of carbonyl (C=O) groups excluding carboxylic acids is 1. The molecule has 3 heteroatoms. The lowest BCUT2D eigenvalue weighted by Crippen LogP contribution is -2.28. The number of nitrogens with zero attached hydrogens (tertiary/aromatic N) is 1. The highest BCUT2D eigenvalue weighted by atomic mass is 16.1. The van der Waals surface area contributed by atoms with Crippen LogP contribution in [0.3, 0.4) is 0 Å². The average Bonchev–Trinajstić information content (AvgIpc) is 3.33. The molecule has 1 aliphatic carbocycles. The number of Topliss-reactive ketones (excluding diaryl/α,β-unsaturated/α-hetero) is 1. The lowest BCUT2D eigenvalue weighted by atomic mass is 9.93. The third-order valence-corrected chi connectivity index (χ3v) is 7.33. The number of para-hydroxylation sites is 1. The van der Waals surface area contributed by atoms with E-state index >= 15 is 0 Å². The number of rotatable bonds is 11. The van der Waals surface area contributed by atoms with E-state index in [0.29, 0.717) is 24.7 Å². The minimum Gasteiger partial charge on any atom is -0.381 e. The van der Waals surface area contributed by atoms with Crippen molar-refractivity contribution in [2.75, 3.05) is 10.2 Å². The summed E-state index contributed by atoms with van der Waals surface area (Å²) in [6.07, 6.45) is 4.74. The summed E-state index contributed by atoms with van der Waals surface area (Å²) in [5, 5.41) is 3.51. The van der Waals surface area contributed by atoms with E-state index in [1.165, 1.54) is 36.1 Å². The van der Waals surface area contributed by atoms with Crippen molar-refractivity contribution in [1.82, 2.24) is 0 Å². The Morgan fingerprint density at radius 3 is 2.34 bits per heavy atom. The van der Waals surface area contributed by atoms with E-state index in [1.807, 2.05) is 19.1 Å². The van der Waals surface area contributed by atoms with Crippen molar-refractivity contribution < 1.29 is 4.79 Å². The van der Waals surface area contributed by atoms with Gasteiger partial charge in [-0.2, -0.15) is 0 Å². The molecule has 35 heavy (non-hydrogen) atoms. The molecule has 3 nitrogen and oxygen atoms in total. The van der Waals surface area contributed by atoms with Gasteiger partial charge in [-0.15, -0.1) is 0 Å². The molecule has 0 aromatic heterocycles. The first kappa shape index (κ1) is 24.8. The second-order valence-corrected chi connectivity index (χ2v) is 9.83. The van der Waals surface area contributed by atoms with Gasteiger partial charge in [-0.25, -0.2) is 0 Å². The second-order valence-electron chi connectivity index (χ2n) is 9.83. The molecule has 2 atom stereocenters. The van der Waals surface area contributed by atoms with Gasteiger partial charge in [0, 0.05) is 48.9 Å². The number of hydrogen-bond donors (Lipinski definition) is 1. The zero-order valence-corrected chi connectivity index (χ0v) is 21.2. The van der Waals surface area contributed by atoms with E-state index in [-0.39, 0.29) is 5.78 Å². The molecule has 3 aromatic carbocycles. The summed E-state index contributed by atoms with van der Waals surface area (Å²) in [5.41, 5.74) is 7.00. The molecule has 182 valence electrons. The Morgan fingerprint density at radius 2 is 1.66 bits per heavy atom. The van der Waals surface area contributed by atoms with Crippen LogP contribution in [0.4, 0.5) is 11.4 Å². The first-order chi connectivity index (χ1) is 17.0. The molecule has 1 aliphatic rings. The zero-order chi connectivity index (χ0) is 24.6. The van der Waals surface area contributed by atoms with Crippen LogP contribution in [-0.4, -0.2) is 5.78 Å². The van der Waals surface area contributed by atoms with Crippen molar-refractivity contribution in [1.29, 1.82) is 0 Å². The standard InChI is InChI=1S/C32H38N2O/c1-4-30(35)21-28-14-8-9-16-32(28)34(25(3)31-15-10-11-24(31)2)23-27-17-19-29(20-18-27)33-22-26-12-6-5-7-13-26/h5-9,12-14,16-20,24,31,33H,3-4,10-11,15,21-23H2,1-2H3. The maximum atomic E-state index is 12.3. The fourth-order valence-electron chi connectivity index (χ4n) is 5.15. The normalized spacial score (nSPS) is 17.2. The van der Waals surface area contributed by atoms with Gasteiger partial charge in [0.05, 0.1) is 0 Å². The van der Waals surface area contributed by atoms with E-state index in [9.17, 15) is 4.79 Å². The monoisotopic (exact) mass is 466 g/mol. The second kappa shape index (κ2) is 11.9. The predicted octanol–water partition coefficient (Wildman–Crippen LogP) is 7.78. The molecule has 4 rings (SSSR count). The van der Waals surface area contributed by atoms with Gasteiger partial charge in [-0.3, -0.25) is 4.79 Å². The van der Waals surface area contributed by atoms with Crippen LogP contribution < -0.4 is 10.2 Å². The van der Waals surface area contributed by atoms with Gasteiger partial charge in [0.15, 0.2) is 0 Å². The quantitative estimate of drug-likeness (QED) is 0.313. The van der Waals surface area contributed by atoms with Gasteiger partial charge in [-0.1, -0.05) is 93.9 Å². The smallest absolute Gasteiger partial charge is 0.137 e. The molecule has 0 saturated heterocycles. The van der Waals surface area contributed by atoms with E-state index in [0.717, 1.165) is 30.0 Å². The van der Waals surface area contributed by atoms with Crippen LogP contribution in [-0.2, 0) is 24.3 Å². The number of hydrogen-bond acceptors (Lipinski definition) is 3. The van der Waals surface area contributed by atoms with Crippen LogP contribution >= 0.6 is 0 Å². The predicted molar refractivity (Wildman–Crippen MR) is 147 cm³/mol. The summed E-state index contributed by atoms with van der Waals surface area (Å²) in [6, 6.07) is 27.5. The summed E-state index contributed by atoms with van der Waals surface area (Å²) in [6.45, 7) is 10.5. The van der Waals surface area contributed by atoms with Crippen molar-refractivity contribution in [2.24, 2.45) is 11.8 Å². The Hall–Kier alpha value is -3.33. The van der Waals surface area contributed by atoms with Crippen molar-refractivity contribution >= 4 is 17.2 Å². The minimum atomic E-state index is 0.270. The van der Waals surface area contributed by atoms with E-state index in [4.69, 9.17) is 0 Å². The first-order valence-corrected chi connectivity index (χ1v) is 13.0. The van der Waals surface area contributed by atoms with Crippen molar-refractivity contribution in [3.8, 4) is 0 Å². The maximum Gasteiger partial charge on any atom is 0.137 e. The van der Waals surface area contributed by atoms with Crippen LogP contribution in [0, 0.1) is 11.8 Å². The summed E-state index contributed by atoms with van der Waals surface area (Å²) < 4.78 is 0. The lowest BCUT2D eigenvalue weighted by molar-refractivity contribution is -0.118. The maximum absolute atomic E-state index is 12.3. The minimum absolute atomic E-state index is 0.270.